The summed E-state index contributed by atoms with van der Waals surface area (Å²) < 4.78 is 0. The number of thiocarbonyl (C=S) groups is 1. The maximum absolute atomic E-state index is 12.3. The number of nitrogens with two attached hydrogens (primary N) is 1. The maximum Gasteiger partial charge on any atom is 0.312 e. The van der Waals surface area contributed by atoms with E-state index in [1.165, 1.54) is 4.90 Å². The van der Waals surface area contributed by atoms with Gasteiger partial charge in [0.05, 0.1) is 5.69 Å². The highest BCUT2D eigenvalue weighted by Gasteiger charge is 2.35. The standard InChI is InChI=1S/C13H16N4O2S/c14-12(19)15-8-4-7-10-11(18)17(13(20)16-10)9-5-2-1-3-6-9/h1-3,5-6,10H,4,7-8H2,(H,16,20)(H3,14,15,19)/t10-/m0/s1. The highest BCUT2D eigenvalue weighted by atomic mass is 32.1. The van der Waals surface area contributed by atoms with Gasteiger partial charge in [0.25, 0.3) is 5.91 Å². The van der Waals surface area contributed by atoms with E-state index in [1.54, 1.807) is 0 Å². The Balaban J connectivity index is 1.94. The Morgan fingerprint density at radius 3 is 2.75 bits per heavy atom. The van der Waals surface area contributed by atoms with Crippen molar-refractivity contribution >= 4 is 35.0 Å². The van der Waals surface area contributed by atoms with Crippen LogP contribution >= 0.6 is 12.2 Å². The zero-order valence-corrected chi connectivity index (χ0v) is 11.7. The molecule has 1 heterocycles. The van der Waals surface area contributed by atoms with E-state index in [1.807, 2.05) is 30.3 Å². The molecule has 0 bridgehead atoms. The van der Waals surface area contributed by atoms with Crippen LogP contribution in [0.5, 0.6) is 0 Å². The van der Waals surface area contributed by atoms with Crippen LogP contribution < -0.4 is 21.3 Å². The topological polar surface area (TPSA) is 87.5 Å². The number of rotatable bonds is 5. The van der Waals surface area contributed by atoms with Crippen molar-refractivity contribution in [2.45, 2.75) is 18.9 Å². The first kappa shape index (κ1) is 14.3. The van der Waals surface area contributed by atoms with E-state index in [2.05, 4.69) is 10.6 Å². The number of hydrogen-bond donors (Lipinski definition) is 3. The summed E-state index contributed by atoms with van der Waals surface area (Å²) >= 11 is 5.20. The predicted octanol–water partition coefficient (Wildman–Crippen LogP) is 0.725. The molecule has 4 N–H and O–H groups in total. The SMILES string of the molecule is NC(=O)NCCC[C@@H]1NC(=S)N(c2ccccc2)C1=O. The van der Waals surface area contributed by atoms with Crippen LogP contribution in [0.2, 0.25) is 0 Å². The number of carbonyl (C=O) groups excluding carboxylic acids is 2. The van der Waals surface area contributed by atoms with Gasteiger partial charge in [-0.05, 0) is 37.2 Å². The maximum atomic E-state index is 12.3. The summed E-state index contributed by atoms with van der Waals surface area (Å²) in [6.45, 7) is 0.443. The molecular formula is C13H16N4O2S. The number of nitrogens with zero attached hydrogens (tertiary/aromatic N) is 1. The van der Waals surface area contributed by atoms with Crippen molar-refractivity contribution in [3.63, 3.8) is 0 Å². The number of primary amides is 1. The van der Waals surface area contributed by atoms with Crippen molar-refractivity contribution in [2.75, 3.05) is 11.4 Å². The van der Waals surface area contributed by atoms with Gasteiger partial charge in [-0.2, -0.15) is 0 Å². The second-order valence-corrected chi connectivity index (χ2v) is 4.83. The molecule has 0 aliphatic carbocycles. The number of hydrogen-bond acceptors (Lipinski definition) is 3. The van der Waals surface area contributed by atoms with E-state index >= 15 is 0 Å². The molecule has 1 aromatic carbocycles. The number of urea groups is 1. The molecule has 20 heavy (non-hydrogen) atoms. The van der Waals surface area contributed by atoms with Gasteiger partial charge in [-0.15, -0.1) is 0 Å². The first-order chi connectivity index (χ1) is 9.59. The van der Waals surface area contributed by atoms with Crippen LogP contribution in [0.1, 0.15) is 12.8 Å². The minimum atomic E-state index is -0.558. The molecule has 106 valence electrons. The summed E-state index contributed by atoms with van der Waals surface area (Å²) in [6, 6.07) is 8.36. The van der Waals surface area contributed by atoms with Crippen molar-refractivity contribution < 1.29 is 9.59 Å². The van der Waals surface area contributed by atoms with Gasteiger partial charge in [0.15, 0.2) is 5.11 Å². The summed E-state index contributed by atoms with van der Waals surface area (Å²) in [5.41, 5.74) is 5.73. The van der Waals surface area contributed by atoms with Crippen molar-refractivity contribution in [1.29, 1.82) is 0 Å². The highest BCUT2D eigenvalue weighted by Crippen LogP contribution is 2.20. The van der Waals surface area contributed by atoms with E-state index in [0.717, 1.165) is 5.69 Å². The number of benzene rings is 1. The molecule has 0 aromatic heterocycles. The van der Waals surface area contributed by atoms with Crippen LogP contribution in [0.3, 0.4) is 0 Å². The van der Waals surface area contributed by atoms with Crippen molar-refractivity contribution in [3.05, 3.63) is 30.3 Å². The van der Waals surface area contributed by atoms with E-state index in [4.69, 9.17) is 18.0 Å². The van der Waals surface area contributed by atoms with Crippen LogP contribution in [0.25, 0.3) is 0 Å². The Morgan fingerprint density at radius 1 is 1.40 bits per heavy atom. The molecule has 1 atom stereocenters. The minimum Gasteiger partial charge on any atom is -0.352 e. The van der Waals surface area contributed by atoms with E-state index < -0.39 is 6.03 Å². The van der Waals surface area contributed by atoms with Crippen LogP contribution in [0.15, 0.2) is 30.3 Å². The molecule has 1 fully saturated rings. The molecule has 1 saturated heterocycles. The van der Waals surface area contributed by atoms with Gasteiger partial charge in [0.1, 0.15) is 6.04 Å². The third-order valence-electron chi connectivity index (χ3n) is 3.00. The smallest absolute Gasteiger partial charge is 0.312 e. The largest absolute Gasteiger partial charge is 0.352 e. The third kappa shape index (κ3) is 3.24. The average Bonchev–Trinajstić information content (AvgIpc) is 2.70. The van der Waals surface area contributed by atoms with Gasteiger partial charge in [-0.3, -0.25) is 9.69 Å². The molecule has 1 aliphatic rings. The first-order valence-electron chi connectivity index (χ1n) is 6.32. The summed E-state index contributed by atoms with van der Waals surface area (Å²) in [4.78, 5) is 24.4. The zero-order valence-electron chi connectivity index (χ0n) is 10.8. The Morgan fingerprint density at radius 2 is 2.10 bits per heavy atom. The fraction of sp³-hybridized carbons (Fsp3) is 0.308. The van der Waals surface area contributed by atoms with Gasteiger partial charge < -0.3 is 16.4 Å². The second kappa shape index (κ2) is 6.33. The number of para-hydroxylation sites is 1. The van der Waals surface area contributed by atoms with E-state index in [0.29, 0.717) is 24.5 Å². The van der Waals surface area contributed by atoms with Gasteiger partial charge in [-0.25, -0.2) is 4.79 Å². The van der Waals surface area contributed by atoms with Crippen molar-refractivity contribution in [1.82, 2.24) is 10.6 Å². The van der Waals surface area contributed by atoms with Crippen LogP contribution in [0.4, 0.5) is 10.5 Å². The molecule has 2 rings (SSSR count). The average molecular weight is 292 g/mol. The van der Waals surface area contributed by atoms with Crippen molar-refractivity contribution in [3.8, 4) is 0 Å². The van der Waals surface area contributed by atoms with Crippen LogP contribution in [-0.2, 0) is 4.79 Å². The van der Waals surface area contributed by atoms with E-state index in [9.17, 15) is 9.59 Å². The molecule has 0 spiro atoms. The monoisotopic (exact) mass is 292 g/mol. The molecule has 7 heteroatoms. The Bertz CT molecular complexity index is 520. The number of nitrogens with one attached hydrogen (secondary N) is 2. The Labute approximate surface area is 122 Å². The zero-order chi connectivity index (χ0) is 14.5. The fourth-order valence-electron chi connectivity index (χ4n) is 2.07. The Hall–Kier alpha value is -2.15. The van der Waals surface area contributed by atoms with Gasteiger partial charge in [0.2, 0.25) is 0 Å². The summed E-state index contributed by atoms with van der Waals surface area (Å²) in [6.07, 6.45) is 1.24. The molecular weight excluding hydrogens is 276 g/mol. The normalized spacial score (nSPS) is 18.0. The lowest BCUT2D eigenvalue weighted by Crippen LogP contribution is -2.33. The van der Waals surface area contributed by atoms with Gasteiger partial charge >= 0.3 is 6.03 Å². The van der Waals surface area contributed by atoms with Gasteiger partial charge in [-0.1, -0.05) is 18.2 Å². The Kier molecular flexibility index (Phi) is 4.52. The predicted molar refractivity (Wildman–Crippen MR) is 80.3 cm³/mol. The third-order valence-corrected chi connectivity index (χ3v) is 3.30. The molecule has 0 saturated carbocycles. The highest BCUT2D eigenvalue weighted by molar-refractivity contribution is 7.80. The first-order valence-corrected chi connectivity index (χ1v) is 6.73. The summed E-state index contributed by atoms with van der Waals surface area (Å²) in [5.74, 6) is -0.0692. The quantitative estimate of drug-likeness (QED) is 0.551. The van der Waals surface area contributed by atoms with Crippen molar-refractivity contribution in [2.24, 2.45) is 5.73 Å². The second-order valence-electron chi connectivity index (χ2n) is 4.44. The van der Waals surface area contributed by atoms with Gasteiger partial charge in [0, 0.05) is 6.54 Å². The molecule has 3 amide bonds. The molecule has 1 aromatic rings. The number of anilines is 1. The van der Waals surface area contributed by atoms with E-state index in [-0.39, 0.29) is 11.9 Å². The summed E-state index contributed by atoms with van der Waals surface area (Å²) in [5, 5.41) is 5.91. The molecule has 0 unspecified atom stereocenters. The molecule has 0 radical (unpaired) electrons. The number of carbonyl (C=O) groups is 2. The minimum absolute atomic E-state index is 0.0692. The number of amides is 3. The molecule has 6 nitrogen and oxygen atoms in total. The lowest BCUT2D eigenvalue weighted by molar-refractivity contribution is -0.118. The van der Waals surface area contributed by atoms with Crippen LogP contribution in [-0.4, -0.2) is 29.6 Å². The summed E-state index contributed by atoms with van der Waals surface area (Å²) in [7, 11) is 0. The molecule has 1 aliphatic heterocycles. The fourth-order valence-corrected chi connectivity index (χ4v) is 2.40. The van der Waals surface area contributed by atoms with Crippen LogP contribution in [0, 0.1) is 0 Å². The lowest BCUT2D eigenvalue weighted by atomic mass is 10.1. The lowest BCUT2D eigenvalue weighted by Gasteiger charge is -2.14.